The summed E-state index contributed by atoms with van der Waals surface area (Å²) in [7, 11) is 2.77. The molecule has 0 heterocycles. The average Bonchev–Trinajstić information content (AvgIpc) is 2.32. The van der Waals surface area contributed by atoms with Gasteiger partial charge in [0.15, 0.2) is 0 Å². The predicted octanol–water partition coefficient (Wildman–Crippen LogP) is 2.56. The molecule has 0 saturated heterocycles. The Balaban J connectivity index is 2.82. The van der Waals surface area contributed by atoms with Crippen LogP contribution in [0.15, 0.2) is 18.2 Å². The lowest BCUT2D eigenvalue weighted by Crippen LogP contribution is -2.32. The zero-order valence-electron chi connectivity index (χ0n) is 11.4. The first-order valence-electron chi connectivity index (χ1n) is 6.10. The monoisotopic (exact) mass is 294 g/mol. The second-order valence-corrected chi connectivity index (χ2v) is 4.39. The molecule has 0 amide bonds. The third kappa shape index (κ3) is 5.34. The number of hydrogen-bond donors (Lipinski definition) is 1. The first kappa shape index (κ1) is 16.7. The Morgan fingerprint density at radius 3 is 2.60 bits per heavy atom. The molecule has 0 aliphatic rings. The van der Waals surface area contributed by atoms with Crippen molar-refractivity contribution in [2.75, 3.05) is 38.8 Å². The molecule has 20 heavy (non-hydrogen) atoms. The summed E-state index contributed by atoms with van der Waals surface area (Å²) in [6.07, 6.45) is -4.38. The maximum atomic E-state index is 13.8. The molecule has 0 aromatic heterocycles. The Bertz CT molecular complexity index is 423. The second kappa shape index (κ2) is 7.44. The lowest BCUT2D eigenvalue weighted by atomic mass is 10.1. The van der Waals surface area contributed by atoms with Gasteiger partial charge in [-0.15, -0.1) is 0 Å². The van der Waals surface area contributed by atoms with Gasteiger partial charge in [-0.1, -0.05) is 12.1 Å². The summed E-state index contributed by atoms with van der Waals surface area (Å²) in [6, 6.07) is 4.24. The van der Waals surface area contributed by atoms with Gasteiger partial charge >= 0.3 is 6.18 Å². The zero-order valence-corrected chi connectivity index (χ0v) is 11.4. The highest BCUT2D eigenvalue weighted by molar-refractivity contribution is 5.54. The fourth-order valence-corrected chi connectivity index (χ4v) is 1.88. The van der Waals surface area contributed by atoms with Gasteiger partial charge in [0, 0.05) is 27.2 Å². The van der Waals surface area contributed by atoms with Crippen molar-refractivity contribution in [1.29, 1.82) is 0 Å². The van der Waals surface area contributed by atoms with Gasteiger partial charge in [0.2, 0.25) is 0 Å². The maximum absolute atomic E-state index is 13.8. The molecular weight excluding hydrogens is 276 g/mol. The normalized spacial score (nSPS) is 11.7. The Morgan fingerprint density at radius 2 is 2.00 bits per heavy atom. The van der Waals surface area contributed by atoms with E-state index in [2.05, 4.69) is 5.32 Å². The van der Waals surface area contributed by atoms with E-state index in [9.17, 15) is 17.6 Å². The standard InChI is InChI=1S/C13H18F4N2O/c1-19(9-13(15,16)17)12-10(4-3-5-11(12)14)8-18-6-7-20-2/h3-5,18H,6-9H2,1-2H3. The number of hydrogen-bond acceptors (Lipinski definition) is 3. The molecular formula is C13H18F4N2O. The van der Waals surface area contributed by atoms with E-state index >= 15 is 0 Å². The first-order chi connectivity index (χ1) is 9.35. The molecule has 0 aliphatic heterocycles. The Hall–Kier alpha value is -1.34. The number of nitrogens with one attached hydrogen (secondary N) is 1. The van der Waals surface area contributed by atoms with E-state index in [1.165, 1.54) is 13.1 Å². The van der Waals surface area contributed by atoms with Crippen molar-refractivity contribution in [3.05, 3.63) is 29.6 Å². The van der Waals surface area contributed by atoms with Gasteiger partial charge in [-0.2, -0.15) is 13.2 Å². The molecule has 0 spiro atoms. The lowest BCUT2D eigenvalue weighted by molar-refractivity contribution is -0.119. The van der Waals surface area contributed by atoms with E-state index < -0.39 is 18.5 Å². The van der Waals surface area contributed by atoms with Crippen LogP contribution in [0, 0.1) is 5.82 Å². The molecule has 1 rings (SSSR count). The van der Waals surface area contributed by atoms with Crippen molar-refractivity contribution in [3.63, 3.8) is 0 Å². The fraction of sp³-hybridized carbons (Fsp3) is 0.538. The van der Waals surface area contributed by atoms with Crippen molar-refractivity contribution in [2.24, 2.45) is 0 Å². The topological polar surface area (TPSA) is 24.5 Å². The molecule has 0 aliphatic carbocycles. The summed E-state index contributed by atoms with van der Waals surface area (Å²) < 4.78 is 55.9. The van der Waals surface area contributed by atoms with Gasteiger partial charge in [0.1, 0.15) is 12.4 Å². The van der Waals surface area contributed by atoms with Crippen LogP contribution in [0.4, 0.5) is 23.2 Å². The van der Waals surface area contributed by atoms with E-state index in [0.717, 1.165) is 11.0 Å². The van der Waals surface area contributed by atoms with Crippen LogP contribution in [-0.4, -0.2) is 40.0 Å². The van der Waals surface area contributed by atoms with Gasteiger partial charge in [0.05, 0.1) is 12.3 Å². The van der Waals surface area contributed by atoms with Crippen LogP contribution in [0.2, 0.25) is 0 Å². The number of rotatable bonds is 7. The summed E-state index contributed by atoms with van der Waals surface area (Å²) >= 11 is 0. The molecule has 1 aromatic rings. The number of methoxy groups -OCH3 is 1. The highest BCUT2D eigenvalue weighted by atomic mass is 19.4. The van der Waals surface area contributed by atoms with Gasteiger partial charge < -0.3 is 15.0 Å². The van der Waals surface area contributed by atoms with Crippen molar-refractivity contribution in [2.45, 2.75) is 12.7 Å². The number of halogens is 4. The summed E-state index contributed by atoms with van der Waals surface area (Å²) in [4.78, 5) is 0.878. The number of benzene rings is 1. The smallest absolute Gasteiger partial charge is 0.383 e. The Morgan fingerprint density at radius 1 is 1.30 bits per heavy atom. The molecule has 0 saturated carbocycles. The minimum atomic E-state index is -4.38. The molecule has 0 fully saturated rings. The molecule has 0 unspecified atom stereocenters. The van der Waals surface area contributed by atoms with Crippen LogP contribution >= 0.6 is 0 Å². The minimum Gasteiger partial charge on any atom is -0.383 e. The third-order valence-electron chi connectivity index (χ3n) is 2.67. The van der Waals surface area contributed by atoms with Crippen LogP contribution in [0.3, 0.4) is 0 Å². The summed E-state index contributed by atoms with van der Waals surface area (Å²) in [5.41, 5.74) is 0.447. The number of para-hydroxylation sites is 1. The number of anilines is 1. The van der Waals surface area contributed by atoms with Crippen LogP contribution in [0.5, 0.6) is 0 Å². The third-order valence-corrected chi connectivity index (χ3v) is 2.67. The van der Waals surface area contributed by atoms with Crippen molar-refractivity contribution < 1.29 is 22.3 Å². The molecule has 1 aromatic carbocycles. The summed E-state index contributed by atoms with van der Waals surface area (Å²) in [6.45, 7) is 0.0934. The van der Waals surface area contributed by atoms with Crippen LogP contribution in [0.25, 0.3) is 0 Å². The molecule has 0 atom stereocenters. The van der Waals surface area contributed by atoms with E-state index in [0.29, 0.717) is 18.7 Å². The largest absolute Gasteiger partial charge is 0.405 e. The predicted molar refractivity (Wildman–Crippen MR) is 69.3 cm³/mol. The number of nitrogens with zero attached hydrogens (tertiary/aromatic N) is 1. The molecule has 7 heteroatoms. The highest BCUT2D eigenvalue weighted by Crippen LogP contribution is 2.26. The Kier molecular flexibility index (Phi) is 6.22. The van der Waals surface area contributed by atoms with Crippen molar-refractivity contribution in [1.82, 2.24) is 5.32 Å². The minimum absolute atomic E-state index is 0.0326. The second-order valence-electron chi connectivity index (χ2n) is 4.39. The van der Waals surface area contributed by atoms with Crippen LogP contribution in [-0.2, 0) is 11.3 Å². The van der Waals surface area contributed by atoms with Crippen LogP contribution in [0.1, 0.15) is 5.56 Å². The molecule has 114 valence electrons. The summed E-state index contributed by atoms with van der Waals surface area (Å²) in [5, 5.41) is 2.99. The molecule has 3 nitrogen and oxygen atoms in total. The lowest BCUT2D eigenvalue weighted by Gasteiger charge is -2.24. The van der Waals surface area contributed by atoms with E-state index in [1.54, 1.807) is 13.2 Å². The van der Waals surface area contributed by atoms with E-state index in [1.807, 2.05) is 0 Å². The quantitative estimate of drug-likeness (QED) is 0.618. The van der Waals surface area contributed by atoms with Gasteiger partial charge in [-0.05, 0) is 11.6 Å². The first-order valence-corrected chi connectivity index (χ1v) is 6.10. The van der Waals surface area contributed by atoms with Crippen molar-refractivity contribution >= 4 is 5.69 Å². The fourth-order valence-electron chi connectivity index (χ4n) is 1.88. The zero-order chi connectivity index (χ0) is 15.2. The highest BCUT2D eigenvalue weighted by Gasteiger charge is 2.30. The average molecular weight is 294 g/mol. The number of ether oxygens (including phenoxy) is 1. The van der Waals surface area contributed by atoms with Gasteiger partial charge in [-0.25, -0.2) is 4.39 Å². The molecule has 0 radical (unpaired) electrons. The summed E-state index contributed by atoms with van der Waals surface area (Å²) in [5.74, 6) is -0.664. The Labute approximate surface area is 115 Å². The molecule has 0 bridgehead atoms. The van der Waals surface area contributed by atoms with Gasteiger partial charge in [-0.3, -0.25) is 0 Å². The van der Waals surface area contributed by atoms with Crippen LogP contribution < -0.4 is 10.2 Å². The SMILES string of the molecule is COCCNCc1cccc(F)c1N(C)CC(F)(F)F. The number of alkyl halides is 3. The maximum Gasteiger partial charge on any atom is 0.405 e. The van der Waals surface area contributed by atoms with Crippen molar-refractivity contribution in [3.8, 4) is 0 Å². The van der Waals surface area contributed by atoms with Gasteiger partial charge in [0.25, 0.3) is 0 Å². The molecule has 1 N–H and O–H groups in total. The van der Waals surface area contributed by atoms with E-state index in [4.69, 9.17) is 4.74 Å². The van der Waals surface area contributed by atoms with E-state index in [-0.39, 0.29) is 12.2 Å².